The number of fused-ring (bicyclic) bond motifs is 1. The van der Waals surface area contributed by atoms with Gasteiger partial charge in [0.2, 0.25) is 4.96 Å². The highest BCUT2D eigenvalue weighted by molar-refractivity contribution is 7.98. The van der Waals surface area contributed by atoms with Crippen molar-refractivity contribution >= 4 is 28.1 Å². The van der Waals surface area contributed by atoms with Crippen LogP contribution in [0.5, 0.6) is 0 Å². The fourth-order valence-corrected chi connectivity index (χ4v) is 3.57. The normalized spacial score (nSPS) is 11.6. The van der Waals surface area contributed by atoms with E-state index in [1.165, 1.54) is 4.90 Å². The zero-order valence-electron chi connectivity index (χ0n) is 11.8. The molecule has 0 aliphatic carbocycles. The molecule has 2 aromatic heterocycles. The van der Waals surface area contributed by atoms with E-state index in [-0.39, 0.29) is 0 Å². The van der Waals surface area contributed by atoms with E-state index in [2.05, 4.69) is 54.5 Å². The van der Waals surface area contributed by atoms with Crippen molar-refractivity contribution < 1.29 is 0 Å². The van der Waals surface area contributed by atoms with E-state index in [9.17, 15) is 0 Å². The number of imidazole rings is 1. The minimum Gasteiger partial charge on any atom is -0.217 e. The molecule has 104 valence electrons. The first-order valence-corrected chi connectivity index (χ1v) is 8.69. The van der Waals surface area contributed by atoms with E-state index in [1.54, 1.807) is 23.1 Å². The molecule has 0 saturated carbocycles. The molecule has 0 atom stereocenters. The van der Waals surface area contributed by atoms with Crippen LogP contribution in [0.25, 0.3) is 16.2 Å². The Balaban J connectivity index is 1.90. The molecule has 0 aliphatic heterocycles. The van der Waals surface area contributed by atoms with Crippen molar-refractivity contribution in [3.05, 3.63) is 35.5 Å². The summed E-state index contributed by atoms with van der Waals surface area (Å²) >= 11 is 3.44. The second kappa shape index (κ2) is 5.58. The monoisotopic (exact) mass is 303 g/mol. The van der Waals surface area contributed by atoms with Gasteiger partial charge in [0.1, 0.15) is 5.01 Å². The van der Waals surface area contributed by atoms with Gasteiger partial charge in [-0.3, -0.25) is 0 Å². The van der Waals surface area contributed by atoms with Crippen molar-refractivity contribution in [3.8, 4) is 11.3 Å². The van der Waals surface area contributed by atoms with Gasteiger partial charge in [-0.2, -0.15) is 5.10 Å². The summed E-state index contributed by atoms with van der Waals surface area (Å²) < 4.78 is 1.90. The van der Waals surface area contributed by atoms with Gasteiger partial charge in [-0.1, -0.05) is 37.3 Å². The Bertz CT molecular complexity index is 679. The molecule has 0 saturated heterocycles. The van der Waals surface area contributed by atoms with Crippen LogP contribution in [-0.2, 0) is 6.42 Å². The summed E-state index contributed by atoms with van der Waals surface area (Å²) in [5.41, 5.74) is 2.14. The minimum absolute atomic E-state index is 0.629. The van der Waals surface area contributed by atoms with Crippen LogP contribution < -0.4 is 0 Å². The number of hydrogen-bond acceptors (Lipinski definition) is 4. The Hall–Kier alpha value is -1.33. The molecule has 0 N–H and O–H groups in total. The minimum atomic E-state index is 0.629. The second-order valence-corrected chi connectivity index (χ2v) is 7.10. The van der Waals surface area contributed by atoms with Crippen molar-refractivity contribution in [2.75, 3.05) is 6.26 Å². The second-order valence-electron chi connectivity index (χ2n) is 5.18. The highest BCUT2D eigenvalue weighted by atomic mass is 32.2. The first kappa shape index (κ1) is 13.6. The van der Waals surface area contributed by atoms with E-state index >= 15 is 0 Å². The van der Waals surface area contributed by atoms with Gasteiger partial charge in [-0.05, 0) is 24.3 Å². The lowest BCUT2D eigenvalue weighted by molar-refractivity contribution is 0.637. The van der Waals surface area contributed by atoms with Gasteiger partial charge < -0.3 is 0 Å². The maximum Gasteiger partial charge on any atom is 0.212 e. The van der Waals surface area contributed by atoms with Gasteiger partial charge in [0.05, 0.1) is 11.9 Å². The molecule has 0 spiro atoms. The molecule has 1 aromatic carbocycles. The van der Waals surface area contributed by atoms with Crippen LogP contribution >= 0.6 is 23.1 Å². The first-order chi connectivity index (χ1) is 9.65. The summed E-state index contributed by atoms with van der Waals surface area (Å²) in [6, 6.07) is 8.50. The maximum atomic E-state index is 4.68. The Morgan fingerprint density at radius 1 is 1.25 bits per heavy atom. The van der Waals surface area contributed by atoms with Crippen LogP contribution in [0, 0.1) is 5.92 Å². The van der Waals surface area contributed by atoms with Gasteiger partial charge in [0, 0.05) is 16.9 Å². The summed E-state index contributed by atoms with van der Waals surface area (Å²) in [5, 5.41) is 5.76. The third kappa shape index (κ3) is 2.74. The van der Waals surface area contributed by atoms with E-state index in [1.807, 2.05) is 10.7 Å². The molecule has 20 heavy (non-hydrogen) atoms. The molecule has 3 nitrogen and oxygen atoms in total. The van der Waals surface area contributed by atoms with E-state index in [0.717, 1.165) is 27.6 Å². The average molecular weight is 303 g/mol. The molecular weight excluding hydrogens is 286 g/mol. The molecule has 0 fully saturated rings. The number of benzene rings is 1. The van der Waals surface area contributed by atoms with Crippen molar-refractivity contribution in [2.45, 2.75) is 25.2 Å². The quantitative estimate of drug-likeness (QED) is 0.670. The number of aromatic nitrogens is 3. The number of rotatable bonds is 4. The molecule has 0 bridgehead atoms. The Kier molecular flexibility index (Phi) is 3.81. The largest absolute Gasteiger partial charge is 0.217 e. The standard InChI is InChI=1S/C15H17N3S2/c1-10(2)8-14-17-18-9-13(16-15(18)20-14)11-4-6-12(19-3)7-5-11/h4-7,9-10H,8H2,1-3H3. The SMILES string of the molecule is CSc1ccc(-c2cn3nc(CC(C)C)sc3n2)cc1. The fraction of sp³-hybridized carbons (Fsp3) is 0.333. The van der Waals surface area contributed by atoms with Gasteiger partial charge in [0.15, 0.2) is 0 Å². The lowest BCUT2D eigenvalue weighted by atomic mass is 10.1. The van der Waals surface area contributed by atoms with E-state index in [4.69, 9.17) is 0 Å². The first-order valence-electron chi connectivity index (χ1n) is 6.65. The van der Waals surface area contributed by atoms with Gasteiger partial charge in [-0.15, -0.1) is 11.8 Å². The lowest BCUT2D eigenvalue weighted by Crippen LogP contribution is -1.94. The Morgan fingerprint density at radius 3 is 2.60 bits per heavy atom. The predicted octanol–water partition coefficient (Wildman–Crippen LogP) is 4.38. The molecular formula is C15H17N3S2. The van der Waals surface area contributed by atoms with Crippen molar-refractivity contribution in [1.29, 1.82) is 0 Å². The average Bonchev–Trinajstić information content (AvgIpc) is 2.96. The summed E-state index contributed by atoms with van der Waals surface area (Å²) in [4.78, 5) is 6.93. The number of thioether (sulfide) groups is 1. The lowest BCUT2D eigenvalue weighted by Gasteiger charge is -1.99. The zero-order valence-corrected chi connectivity index (χ0v) is 13.5. The molecule has 0 unspecified atom stereocenters. The predicted molar refractivity (Wildman–Crippen MR) is 86.6 cm³/mol. The molecule has 3 aromatic rings. The van der Waals surface area contributed by atoms with Gasteiger partial charge >= 0.3 is 0 Å². The third-order valence-electron chi connectivity index (χ3n) is 3.05. The van der Waals surface area contributed by atoms with Crippen molar-refractivity contribution in [1.82, 2.24) is 14.6 Å². The van der Waals surface area contributed by atoms with Gasteiger partial charge in [-0.25, -0.2) is 9.50 Å². The van der Waals surface area contributed by atoms with Crippen LogP contribution in [-0.4, -0.2) is 20.9 Å². The molecule has 0 aliphatic rings. The van der Waals surface area contributed by atoms with Crippen LogP contribution in [0.15, 0.2) is 35.4 Å². The van der Waals surface area contributed by atoms with Crippen LogP contribution in [0.2, 0.25) is 0 Å². The van der Waals surface area contributed by atoms with Crippen molar-refractivity contribution in [3.63, 3.8) is 0 Å². The van der Waals surface area contributed by atoms with Crippen LogP contribution in [0.3, 0.4) is 0 Å². The van der Waals surface area contributed by atoms with Crippen LogP contribution in [0.1, 0.15) is 18.9 Å². The Morgan fingerprint density at radius 2 is 2.00 bits per heavy atom. The highest BCUT2D eigenvalue weighted by Gasteiger charge is 2.10. The molecule has 0 amide bonds. The van der Waals surface area contributed by atoms with Crippen LogP contribution in [0.4, 0.5) is 0 Å². The van der Waals surface area contributed by atoms with Gasteiger partial charge in [0.25, 0.3) is 0 Å². The Labute approximate surface area is 127 Å². The highest BCUT2D eigenvalue weighted by Crippen LogP contribution is 2.25. The number of nitrogens with zero attached hydrogens (tertiary/aromatic N) is 3. The summed E-state index contributed by atoms with van der Waals surface area (Å²) in [5.74, 6) is 0.629. The summed E-state index contributed by atoms with van der Waals surface area (Å²) in [7, 11) is 0. The molecule has 2 heterocycles. The molecule has 3 rings (SSSR count). The summed E-state index contributed by atoms with van der Waals surface area (Å²) in [6.07, 6.45) is 5.12. The number of hydrogen-bond donors (Lipinski definition) is 0. The summed E-state index contributed by atoms with van der Waals surface area (Å²) in [6.45, 7) is 4.42. The smallest absolute Gasteiger partial charge is 0.212 e. The maximum absolute atomic E-state index is 4.68. The fourth-order valence-electron chi connectivity index (χ4n) is 2.07. The topological polar surface area (TPSA) is 30.2 Å². The van der Waals surface area contributed by atoms with E-state index in [0.29, 0.717) is 5.92 Å². The van der Waals surface area contributed by atoms with Crippen molar-refractivity contribution in [2.24, 2.45) is 5.92 Å². The molecule has 0 radical (unpaired) electrons. The van der Waals surface area contributed by atoms with E-state index < -0.39 is 0 Å². The third-order valence-corrected chi connectivity index (χ3v) is 4.74. The molecule has 5 heteroatoms. The zero-order chi connectivity index (χ0) is 14.1.